The highest BCUT2D eigenvalue weighted by Crippen LogP contribution is 2.32. The minimum absolute atomic E-state index is 0.137. The first-order chi connectivity index (χ1) is 8.56. The summed E-state index contributed by atoms with van der Waals surface area (Å²) in [5.41, 5.74) is 6.92. The maximum Gasteiger partial charge on any atom is 0.190 e. The third-order valence-corrected chi connectivity index (χ3v) is 3.98. The fourth-order valence-electron chi connectivity index (χ4n) is 1.60. The van der Waals surface area contributed by atoms with Crippen molar-refractivity contribution in [2.75, 3.05) is 0 Å². The molecule has 1 unspecified atom stereocenters. The van der Waals surface area contributed by atoms with Crippen molar-refractivity contribution in [3.8, 4) is 0 Å². The first-order valence-electron chi connectivity index (χ1n) is 5.62. The molecule has 2 rings (SSSR count). The number of hydrogen-bond acceptors (Lipinski definition) is 4. The van der Waals surface area contributed by atoms with Crippen LogP contribution in [0.2, 0.25) is 5.02 Å². The number of hydrogen-bond donors (Lipinski definition) is 1. The largest absolute Gasteiger partial charge is 0.328 e. The average molecular weight is 283 g/mol. The molecule has 0 saturated heterocycles. The molecule has 0 aliphatic heterocycles. The van der Waals surface area contributed by atoms with E-state index in [2.05, 4.69) is 10.1 Å². The van der Waals surface area contributed by atoms with E-state index in [9.17, 15) is 0 Å². The number of aryl methyl sites for hydroxylation is 1. The molecule has 0 amide bonds. The molecule has 2 aromatic rings. The smallest absolute Gasteiger partial charge is 0.190 e. The van der Waals surface area contributed by atoms with Crippen molar-refractivity contribution in [2.24, 2.45) is 12.8 Å². The summed E-state index contributed by atoms with van der Waals surface area (Å²) in [6.07, 6.45) is 2.36. The van der Waals surface area contributed by atoms with Crippen molar-refractivity contribution < 1.29 is 0 Å². The molecule has 0 bridgehead atoms. The lowest BCUT2D eigenvalue weighted by Gasteiger charge is -2.08. The van der Waals surface area contributed by atoms with Crippen LogP contribution in [0.25, 0.3) is 0 Å². The quantitative estimate of drug-likeness (QED) is 0.936. The van der Waals surface area contributed by atoms with Gasteiger partial charge >= 0.3 is 0 Å². The lowest BCUT2D eigenvalue weighted by molar-refractivity contribution is 0.685. The van der Waals surface area contributed by atoms with Gasteiger partial charge in [0.15, 0.2) is 5.16 Å². The van der Waals surface area contributed by atoms with Gasteiger partial charge in [0.2, 0.25) is 0 Å². The van der Waals surface area contributed by atoms with Crippen molar-refractivity contribution in [3.05, 3.63) is 35.1 Å². The molecule has 1 aromatic carbocycles. The molecule has 18 heavy (non-hydrogen) atoms. The molecule has 1 aromatic heterocycles. The standard InChI is InChI=1S/C12H15ClN4S/c1-8(14)5-9-3-4-11(10(13)6-9)18-12-15-7-16-17(12)2/h3-4,6-8H,5,14H2,1-2H3. The third kappa shape index (κ3) is 3.25. The lowest BCUT2D eigenvalue weighted by Crippen LogP contribution is -2.17. The SMILES string of the molecule is CC(N)Cc1ccc(Sc2ncnn2C)c(Cl)c1. The predicted molar refractivity (Wildman–Crippen MR) is 73.9 cm³/mol. The van der Waals surface area contributed by atoms with E-state index in [1.807, 2.05) is 32.2 Å². The normalized spacial score (nSPS) is 12.7. The van der Waals surface area contributed by atoms with Crippen LogP contribution in [0.5, 0.6) is 0 Å². The van der Waals surface area contributed by atoms with E-state index >= 15 is 0 Å². The molecule has 1 atom stereocenters. The summed E-state index contributed by atoms with van der Waals surface area (Å²) < 4.78 is 1.72. The number of rotatable bonds is 4. The van der Waals surface area contributed by atoms with Crippen LogP contribution in [0.4, 0.5) is 0 Å². The summed E-state index contributed by atoms with van der Waals surface area (Å²) in [5, 5.41) is 5.56. The van der Waals surface area contributed by atoms with Crippen LogP contribution >= 0.6 is 23.4 Å². The van der Waals surface area contributed by atoms with Crippen LogP contribution in [0, 0.1) is 0 Å². The van der Waals surface area contributed by atoms with Gasteiger partial charge < -0.3 is 5.73 Å². The molecule has 2 N–H and O–H groups in total. The van der Waals surface area contributed by atoms with Crippen LogP contribution < -0.4 is 5.73 Å². The van der Waals surface area contributed by atoms with Crippen molar-refractivity contribution in [2.45, 2.75) is 29.4 Å². The molecule has 4 nitrogen and oxygen atoms in total. The summed E-state index contributed by atoms with van der Waals surface area (Å²) in [6, 6.07) is 6.15. The first kappa shape index (κ1) is 13.4. The Bertz CT molecular complexity index is 539. The van der Waals surface area contributed by atoms with Crippen LogP contribution in [0.15, 0.2) is 34.6 Å². The summed E-state index contributed by atoms with van der Waals surface area (Å²) in [4.78, 5) is 5.13. The van der Waals surface area contributed by atoms with Crippen LogP contribution in [0.3, 0.4) is 0 Å². The monoisotopic (exact) mass is 282 g/mol. The number of halogens is 1. The second kappa shape index (κ2) is 5.73. The van der Waals surface area contributed by atoms with Crippen molar-refractivity contribution in [3.63, 3.8) is 0 Å². The number of aromatic nitrogens is 3. The van der Waals surface area contributed by atoms with Crippen LogP contribution in [-0.4, -0.2) is 20.8 Å². The summed E-state index contributed by atoms with van der Waals surface area (Å²) in [5.74, 6) is 0. The molecule has 0 aliphatic carbocycles. The van der Waals surface area contributed by atoms with Gasteiger partial charge in [-0.25, -0.2) is 9.67 Å². The number of benzene rings is 1. The highest BCUT2D eigenvalue weighted by molar-refractivity contribution is 7.99. The fraction of sp³-hybridized carbons (Fsp3) is 0.333. The van der Waals surface area contributed by atoms with Gasteiger partial charge in [-0.15, -0.1) is 0 Å². The number of nitrogens with zero attached hydrogens (tertiary/aromatic N) is 3. The Morgan fingerprint density at radius 3 is 2.83 bits per heavy atom. The Morgan fingerprint density at radius 2 is 2.28 bits per heavy atom. The Morgan fingerprint density at radius 1 is 1.50 bits per heavy atom. The Kier molecular flexibility index (Phi) is 4.27. The lowest BCUT2D eigenvalue weighted by atomic mass is 10.1. The molecule has 1 heterocycles. The Hall–Kier alpha value is -1.04. The van der Waals surface area contributed by atoms with Gasteiger partial charge in [0.25, 0.3) is 0 Å². The van der Waals surface area contributed by atoms with E-state index in [0.29, 0.717) is 0 Å². The Balaban J connectivity index is 2.17. The van der Waals surface area contributed by atoms with Gasteiger partial charge in [-0.1, -0.05) is 17.7 Å². The highest BCUT2D eigenvalue weighted by Gasteiger charge is 2.08. The second-order valence-electron chi connectivity index (χ2n) is 4.21. The van der Waals surface area contributed by atoms with E-state index in [1.165, 1.54) is 18.1 Å². The zero-order valence-electron chi connectivity index (χ0n) is 10.3. The van der Waals surface area contributed by atoms with Crippen molar-refractivity contribution in [1.82, 2.24) is 14.8 Å². The van der Waals surface area contributed by atoms with Crippen molar-refractivity contribution >= 4 is 23.4 Å². The van der Waals surface area contributed by atoms with Gasteiger partial charge in [-0.05, 0) is 42.8 Å². The molecule has 0 aliphatic rings. The van der Waals surface area contributed by atoms with Gasteiger partial charge in [0.05, 0.1) is 5.02 Å². The van der Waals surface area contributed by atoms with Crippen LogP contribution in [-0.2, 0) is 13.5 Å². The molecular formula is C12H15ClN4S. The minimum Gasteiger partial charge on any atom is -0.328 e. The fourth-order valence-corrected chi connectivity index (χ4v) is 2.69. The van der Waals surface area contributed by atoms with Gasteiger partial charge in [0.1, 0.15) is 6.33 Å². The molecule has 96 valence electrons. The average Bonchev–Trinajstić information content (AvgIpc) is 2.67. The summed E-state index contributed by atoms with van der Waals surface area (Å²) in [6.45, 7) is 1.98. The molecule has 0 fully saturated rings. The van der Waals surface area contributed by atoms with Gasteiger partial charge in [-0.2, -0.15) is 5.10 Å². The predicted octanol–water partition coefficient (Wildman–Crippen LogP) is 2.51. The topological polar surface area (TPSA) is 56.7 Å². The highest BCUT2D eigenvalue weighted by atomic mass is 35.5. The Labute approximate surface area is 116 Å². The van der Waals surface area contributed by atoms with Gasteiger partial charge in [-0.3, -0.25) is 0 Å². The summed E-state index contributed by atoms with van der Waals surface area (Å²) in [7, 11) is 1.85. The van der Waals surface area contributed by atoms with Crippen molar-refractivity contribution in [1.29, 1.82) is 0 Å². The maximum atomic E-state index is 6.26. The first-order valence-corrected chi connectivity index (χ1v) is 6.81. The second-order valence-corrected chi connectivity index (χ2v) is 5.63. The van der Waals surface area contributed by atoms with Crippen LogP contribution in [0.1, 0.15) is 12.5 Å². The molecule has 0 saturated carbocycles. The number of nitrogens with two attached hydrogens (primary N) is 1. The van der Waals surface area contributed by atoms with E-state index in [0.717, 1.165) is 27.1 Å². The molecule has 0 radical (unpaired) electrons. The zero-order chi connectivity index (χ0) is 13.1. The molecule has 0 spiro atoms. The molecular weight excluding hydrogens is 268 g/mol. The maximum absolute atomic E-state index is 6.26. The summed E-state index contributed by atoms with van der Waals surface area (Å²) >= 11 is 7.76. The zero-order valence-corrected chi connectivity index (χ0v) is 11.9. The van der Waals surface area contributed by atoms with Gasteiger partial charge in [0, 0.05) is 18.0 Å². The third-order valence-electron chi connectivity index (χ3n) is 2.43. The van der Waals surface area contributed by atoms with E-state index in [-0.39, 0.29) is 6.04 Å². The van der Waals surface area contributed by atoms with E-state index < -0.39 is 0 Å². The van der Waals surface area contributed by atoms with E-state index in [4.69, 9.17) is 17.3 Å². The minimum atomic E-state index is 0.137. The molecule has 6 heteroatoms. The van der Waals surface area contributed by atoms with E-state index in [1.54, 1.807) is 4.68 Å².